The average Bonchev–Trinajstić information content (AvgIpc) is 3.34. The number of fused-ring (bicyclic) bond motifs is 1. The molecule has 1 aliphatic rings. The molecule has 34 heavy (non-hydrogen) atoms. The Kier molecular flexibility index (Phi) is 8.97. The van der Waals surface area contributed by atoms with Crippen molar-refractivity contribution in [2.24, 2.45) is 0 Å². The molecule has 0 aliphatic heterocycles. The Morgan fingerprint density at radius 1 is 1.06 bits per heavy atom. The van der Waals surface area contributed by atoms with Crippen LogP contribution in [0, 0.1) is 0 Å². The number of nitrogens with zero attached hydrogens (tertiary/aromatic N) is 3. The zero-order chi connectivity index (χ0) is 23.6. The van der Waals surface area contributed by atoms with Crippen LogP contribution >= 0.6 is 11.8 Å². The number of unbranched alkanes of at least 4 members (excludes halogenated alkanes) is 3. The summed E-state index contributed by atoms with van der Waals surface area (Å²) in [5.41, 5.74) is 4.11. The summed E-state index contributed by atoms with van der Waals surface area (Å²) in [6.07, 6.45) is 12.2. The van der Waals surface area contributed by atoms with E-state index in [9.17, 15) is 4.79 Å². The highest BCUT2D eigenvalue weighted by molar-refractivity contribution is 7.99. The molecular formula is C24H33N7O2S. The summed E-state index contributed by atoms with van der Waals surface area (Å²) >= 11 is 1.83. The molecule has 0 atom stereocenters. The van der Waals surface area contributed by atoms with E-state index in [1.54, 1.807) is 11.8 Å². The van der Waals surface area contributed by atoms with Crippen LogP contribution in [0.3, 0.4) is 0 Å². The second kappa shape index (κ2) is 12.6. The van der Waals surface area contributed by atoms with Crippen molar-refractivity contribution in [1.29, 1.82) is 0 Å². The van der Waals surface area contributed by atoms with E-state index in [4.69, 9.17) is 10.2 Å². The first-order valence-electron chi connectivity index (χ1n) is 12.1. The molecule has 10 heteroatoms. The van der Waals surface area contributed by atoms with Gasteiger partial charge < -0.3 is 15.6 Å². The second-order valence-corrected chi connectivity index (χ2v) is 9.84. The number of rotatable bonds is 12. The van der Waals surface area contributed by atoms with Crippen LogP contribution in [0.4, 0.5) is 17.5 Å². The van der Waals surface area contributed by atoms with Crippen molar-refractivity contribution in [3.63, 3.8) is 0 Å². The molecule has 2 aromatic heterocycles. The van der Waals surface area contributed by atoms with Gasteiger partial charge in [-0.05, 0) is 55.7 Å². The summed E-state index contributed by atoms with van der Waals surface area (Å²) in [6, 6.07) is 8.74. The number of H-pyrrole nitrogens is 1. The van der Waals surface area contributed by atoms with Crippen molar-refractivity contribution in [2.75, 3.05) is 16.4 Å². The molecule has 5 N–H and O–H groups in total. The zero-order valence-electron chi connectivity index (χ0n) is 19.3. The highest BCUT2D eigenvalue weighted by atomic mass is 32.2. The number of aromatic nitrogens is 4. The predicted molar refractivity (Wildman–Crippen MR) is 136 cm³/mol. The SMILES string of the molecule is O=C(CCCCCCSc1ccc(Nc2nc(NC3CCCCC3)c3[nH]cnc3n2)cc1)NO. The van der Waals surface area contributed by atoms with E-state index in [2.05, 4.69) is 37.7 Å². The van der Waals surface area contributed by atoms with Crippen LogP contribution in [0.25, 0.3) is 11.2 Å². The smallest absolute Gasteiger partial charge is 0.243 e. The first kappa shape index (κ1) is 24.3. The lowest BCUT2D eigenvalue weighted by Crippen LogP contribution is -2.23. The molecule has 4 rings (SSSR count). The third-order valence-corrected chi connectivity index (χ3v) is 7.13. The van der Waals surface area contributed by atoms with Gasteiger partial charge in [-0.15, -0.1) is 11.8 Å². The van der Waals surface area contributed by atoms with Crippen LogP contribution in [0.2, 0.25) is 0 Å². The maximum Gasteiger partial charge on any atom is 0.243 e. The lowest BCUT2D eigenvalue weighted by molar-refractivity contribution is -0.129. The quantitative estimate of drug-likeness (QED) is 0.100. The third-order valence-electron chi connectivity index (χ3n) is 6.03. The summed E-state index contributed by atoms with van der Waals surface area (Å²) in [5, 5.41) is 15.4. The minimum absolute atomic E-state index is 0.311. The van der Waals surface area contributed by atoms with E-state index in [-0.39, 0.29) is 5.91 Å². The van der Waals surface area contributed by atoms with Crippen molar-refractivity contribution >= 4 is 46.3 Å². The molecule has 0 saturated heterocycles. The molecule has 9 nitrogen and oxygen atoms in total. The van der Waals surface area contributed by atoms with Crippen molar-refractivity contribution in [3.05, 3.63) is 30.6 Å². The summed E-state index contributed by atoms with van der Waals surface area (Å²) < 4.78 is 0. The zero-order valence-corrected chi connectivity index (χ0v) is 20.2. The van der Waals surface area contributed by atoms with Crippen LogP contribution in [0.1, 0.15) is 64.2 Å². The minimum Gasteiger partial charge on any atom is -0.365 e. The van der Waals surface area contributed by atoms with E-state index in [1.165, 1.54) is 37.0 Å². The van der Waals surface area contributed by atoms with E-state index < -0.39 is 0 Å². The van der Waals surface area contributed by atoms with Crippen LogP contribution < -0.4 is 16.1 Å². The Bertz CT molecular complexity index is 1050. The van der Waals surface area contributed by atoms with Crippen molar-refractivity contribution in [3.8, 4) is 0 Å². The van der Waals surface area contributed by atoms with Crippen LogP contribution in [0.15, 0.2) is 35.5 Å². The number of amides is 1. The fraction of sp³-hybridized carbons (Fsp3) is 0.500. The first-order chi connectivity index (χ1) is 16.7. The molecular weight excluding hydrogens is 450 g/mol. The van der Waals surface area contributed by atoms with E-state index in [0.29, 0.717) is 24.1 Å². The van der Waals surface area contributed by atoms with Crippen molar-refractivity contribution in [1.82, 2.24) is 25.4 Å². The number of hydrogen-bond donors (Lipinski definition) is 5. The lowest BCUT2D eigenvalue weighted by Gasteiger charge is -2.23. The van der Waals surface area contributed by atoms with Gasteiger partial charge in [-0.3, -0.25) is 10.0 Å². The monoisotopic (exact) mass is 483 g/mol. The molecule has 1 fully saturated rings. The van der Waals surface area contributed by atoms with Gasteiger partial charge in [0, 0.05) is 23.0 Å². The Morgan fingerprint density at radius 3 is 2.65 bits per heavy atom. The maximum atomic E-state index is 11.0. The van der Waals surface area contributed by atoms with Gasteiger partial charge in [0.15, 0.2) is 11.5 Å². The molecule has 2 heterocycles. The fourth-order valence-electron chi connectivity index (χ4n) is 4.18. The Hall–Kier alpha value is -2.85. The molecule has 3 aromatic rings. The highest BCUT2D eigenvalue weighted by Crippen LogP contribution is 2.27. The number of aromatic amines is 1. The number of thioether (sulfide) groups is 1. The predicted octanol–water partition coefficient (Wildman–Crippen LogP) is 5.39. The van der Waals surface area contributed by atoms with Gasteiger partial charge in [0.25, 0.3) is 0 Å². The fourth-order valence-corrected chi connectivity index (χ4v) is 5.10. The number of hydrogen-bond acceptors (Lipinski definition) is 8. The summed E-state index contributed by atoms with van der Waals surface area (Å²) in [6.45, 7) is 0. The van der Waals surface area contributed by atoms with Gasteiger partial charge in [0.2, 0.25) is 11.9 Å². The Balaban J connectivity index is 1.27. The number of carbonyl (C=O) groups is 1. The summed E-state index contributed by atoms with van der Waals surface area (Å²) in [7, 11) is 0. The molecule has 1 saturated carbocycles. The molecule has 182 valence electrons. The van der Waals surface area contributed by atoms with Crippen LogP contribution in [-0.2, 0) is 4.79 Å². The summed E-state index contributed by atoms with van der Waals surface area (Å²) in [4.78, 5) is 29.0. The normalized spacial score (nSPS) is 14.3. The van der Waals surface area contributed by atoms with E-state index in [1.807, 2.05) is 23.9 Å². The summed E-state index contributed by atoms with van der Waals surface area (Å²) in [5.74, 6) is 2.07. The largest absolute Gasteiger partial charge is 0.365 e. The molecule has 0 unspecified atom stereocenters. The molecule has 1 aromatic carbocycles. The van der Waals surface area contributed by atoms with Gasteiger partial charge in [-0.2, -0.15) is 9.97 Å². The Morgan fingerprint density at radius 2 is 1.85 bits per heavy atom. The van der Waals surface area contributed by atoms with Gasteiger partial charge >= 0.3 is 0 Å². The molecule has 0 bridgehead atoms. The standard InChI is InChI=1S/C24H33N7O2S/c32-20(31-33)10-6-1-2-7-15-34-19-13-11-18(12-14-19)28-24-29-22-21(25-16-26-22)23(30-24)27-17-8-4-3-5-9-17/h11-14,16-17,33H,1-10,15H2,(H,31,32)(H3,25,26,27,28,29,30). The molecule has 0 spiro atoms. The topological polar surface area (TPSA) is 128 Å². The van der Waals surface area contributed by atoms with Gasteiger partial charge in [-0.25, -0.2) is 10.5 Å². The molecule has 1 aliphatic carbocycles. The second-order valence-electron chi connectivity index (χ2n) is 8.67. The number of imidazole rings is 1. The van der Waals surface area contributed by atoms with Gasteiger partial charge in [-0.1, -0.05) is 32.1 Å². The Labute approximate surface area is 203 Å². The number of nitrogens with one attached hydrogen (secondary N) is 4. The third kappa shape index (κ3) is 7.07. The van der Waals surface area contributed by atoms with Gasteiger partial charge in [0.1, 0.15) is 5.52 Å². The average molecular weight is 484 g/mol. The molecule has 1 amide bonds. The number of anilines is 3. The number of carbonyl (C=O) groups excluding carboxylic acids is 1. The highest BCUT2D eigenvalue weighted by Gasteiger charge is 2.17. The van der Waals surface area contributed by atoms with Crippen molar-refractivity contribution < 1.29 is 10.0 Å². The minimum atomic E-state index is -0.311. The van der Waals surface area contributed by atoms with E-state index >= 15 is 0 Å². The van der Waals surface area contributed by atoms with E-state index in [0.717, 1.165) is 48.5 Å². The van der Waals surface area contributed by atoms with Crippen molar-refractivity contribution in [2.45, 2.75) is 75.1 Å². The maximum absolute atomic E-state index is 11.0. The molecule has 0 radical (unpaired) electrons. The number of benzene rings is 1. The van der Waals surface area contributed by atoms with Crippen LogP contribution in [-0.4, -0.2) is 42.8 Å². The number of hydroxylamine groups is 1. The first-order valence-corrected chi connectivity index (χ1v) is 13.1. The van der Waals surface area contributed by atoms with Crippen LogP contribution in [0.5, 0.6) is 0 Å². The lowest BCUT2D eigenvalue weighted by atomic mass is 9.95. The van der Waals surface area contributed by atoms with Gasteiger partial charge in [0.05, 0.1) is 6.33 Å².